The van der Waals surface area contributed by atoms with Crippen molar-refractivity contribution < 1.29 is 10.2 Å². The molecule has 124 valence electrons. The van der Waals surface area contributed by atoms with E-state index in [0.29, 0.717) is 0 Å². The fourth-order valence-corrected chi connectivity index (χ4v) is 4.12. The van der Waals surface area contributed by atoms with Gasteiger partial charge in [0.25, 0.3) is 0 Å². The van der Waals surface area contributed by atoms with Crippen molar-refractivity contribution in [3.8, 4) is 11.5 Å². The molecule has 0 saturated heterocycles. The van der Waals surface area contributed by atoms with Crippen LogP contribution < -0.4 is 0 Å². The van der Waals surface area contributed by atoms with Gasteiger partial charge in [0.2, 0.25) is 0 Å². The van der Waals surface area contributed by atoms with Crippen molar-refractivity contribution in [2.45, 2.75) is 18.8 Å². The van der Waals surface area contributed by atoms with E-state index in [1.54, 1.807) is 18.2 Å². The highest BCUT2D eigenvalue weighted by molar-refractivity contribution is 5.82. The summed E-state index contributed by atoms with van der Waals surface area (Å²) < 4.78 is 0. The summed E-state index contributed by atoms with van der Waals surface area (Å²) in [6.07, 6.45) is 0. The number of phenolic OH excluding ortho intramolecular Hbond substituents is 2. The molecule has 1 aliphatic rings. The number of phenols is 2. The Morgan fingerprint density at radius 2 is 1.40 bits per heavy atom. The molecule has 2 atom stereocenters. The Bertz CT molecular complexity index is 940. The van der Waals surface area contributed by atoms with Crippen LogP contribution in [0.4, 0.5) is 0 Å². The average molecular weight is 328 g/mol. The maximum absolute atomic E-state index is 10.2. The molecule has 2 unspecified atom stereocenters. The maximum Gasteiger partial charge on any atom is 0.116 e. The Labute approximate surface area is 147 Å². The van der Waals surface area contributed by atoms with Crippen molar-refractivity contribution in [3.05, 3.63) is 101 Å². The molecule has 0 heterocycles. The van der Waals surface area contributed by atoms with Gasteiger partial charge in [0, 0.05) is 11.8 Å². The van der Waals surface area contributed by atoms with Crippen molar-refractivity contribution in [3.63, 3.8) is 0 Å². The topological polar surface area (TPSA) is 40.5 Å². The van der Waals surface area contributed by atoms with Crippen LogP contribution in [0.5, 0.6) is 11.5 Å². The summed E-state index contributed by atoms with van der Waals surface area (Å²) in [5.41, 5.74) is 6.68. The van der Waals surface area contributed by atoms with Gasteiger partial charge in [-0.1, -0.05) is 49.0 Å². The largest absolute Gasteiger partial charge is 0.508 e. The number of aryl methyl sites for hydroxylation is 1. The summed E-state index contributed by atoms with van der Waals surface area (Å²) in [4.78, 5) is 0. The monoisotopic (exact) mass is 328 g/mol. The van der Waals surface area contributed by atoms with E-state index >= 15 is 0 Å². The first-order valence-corrected chi connectivity index (χ1v) is 8.43. The molecule has 0 saturated carbocycles. The van der Waals surface area contributed by atoms with E-state index in [2.05, 4.69) is 18.7 Å². The first kappa shape index (κ1) is 15.5. The second-order valence-corrected chi connectivity index (χ2v) is 6.71. The Morgan fingerprint density at radius 1 is 0.760 bits per heavy atom. The smallest absolute Gasteiger partial charge is 0.116 e. The lowest BCUT2D eigenvalue weighted by Crippen LogP contribution is -2.07. The van der Waals surface area contributed by atoms with Crippen LogP contribution in [-0.4, -0.2) is 10.2 Å². The molecule has 1 aliphatic carbocycles. The summed E-state index contributed by atoms with van der Waals surface area (Å²) in [6, 6.07) is 21.4. The molecule has 0 aromatic heterocycles. The molecule has 0 bridgehead atoms. The molecule has 25 heavy (non-hydrogen) atoms. The number of allylic oxidation sites excluding steroid dienone is 1. The van der Waals surface area contributed by atoms with E-state index < -0.39 is 0 Å². The normalized spacial score (nSPS) is 19.0. The molecular weight excluding hydrogens is 308 g/mol. The minimum atomic E-state index is 0.0819. The number of hydrogen-bond acceptors (Lipinski definition) is 2. The van der Waals surface area contributed by atoms with Crippen LogP contribution in [-0.2, 0) is 0 Å². The van der Waals surface area contributed by atoms with Gasteiger partial charge in [-0.15, -0.1) is 0 Å². The van der Waals surface area contributed by atoms with Crippen LogP contribution in [0.2, 0.25) is 0 Å². The highest BCUT2D eigenvalue weighted by Crippen LogP contribution is 2.55. The van der Waals surface area contributed by atoms with Crippen LogP contribution in [0.3, 0.4) is 0 Å². The first-order chi connectivity index (χ1) is 12.1. The minimum absolute atomic E-state index is 0.0819. The summed E-state index contributed by atoms with van der Waals surface area (Å²) >= 11 is 0. The molecule has 3 aromatic rings. The molecule has 2 nitrogen and oxygen atoms in total. The van der Waals surface area contributed by atoms with E-state index in [0.717, 1.165) is 27.8 Å². The van der Waals surface area contributed by atoms with E-state index in [1.165, 1.54) is 5.56 Å². The fraction of sp³-hybridized carbons (Fsp3) is 0.130. The zero-order chi connectivity index (χ0) is 17.6. The van der Waals surface area contributed by atoms with E-state index in [4.69, 9.17) is 0 Å². The molecule has 0 amide bonds. The number of hydrogen-bond donors (Lipinski definition) is 2. The molecule has 3 aromatic carbocycles. The average Bonchev–Trinajstić information content (AvgIpc) is 2.89. The minimum Gasteiger partial charge on any atom is -0.508 e. The zero-order valence-corrected chi connectivity index (χ0v) is 14.1. The van der Waals surface area contributed by atoms with E-state index in [1.807, 2.05) is 43.3 Å². The van der Waals surface area contributed by atoms with E-state index in [9.17, 15) is 10.2 Å². The van der Waals surface area contributed by atoms with Gasteiger partial charge < -0.3 is 10.2 Å². The predicted molar refractivity (Wildman–Crippen MR) is 101 cm³/mol. The van der Waals surface area contributed by atoms with Gasteiger partial charge in [-0.2, -0.15) is 0 Å². The Morgan fingerprint density at radius 3 is 2.08 bits per heavy atom. The zero-order valence-electron chi connectivity index (χ0n) is 14.1. The highest BCUT2D eigenvalue weighted by atomic mass is 16.3. The standard InChI is InChI=1S/C23H20O2/c1-14-12-19(25)13-20-21(14)15(2)22(17-8-10-18(24)11-9-17)23(20)16-6-4-3-5-7-16/h3-13,22-25H,2H2,1H3. The molecular formula is C23H20O2. The summed E-state index contributed by atoms with van der Waals surface area (Å²) in [5, 5.41) is 19.8. The molecule has 4 rings (SSSR count). The third kappa shape index (κ3) is 2.51. The molecule has 0 fully saturated rings. The van der Waals surface area contributed by atoms with Gasteiger partial charge in [0.15, 0.2) is 0 Å². The summed E-state index contributed by atoms with van der Waals surface area (Å²) in [7, 11) is 0. The molecule has 0 radical (unpaired) electrons. The number of fused-ring (bicyclic) bond motifs is 1. The third-order valence-corrected chi connectivity index (χ3v) is 5.13. The van der Waals surface area contributed by atoms with Crippen molar-refractivity contribution in [2.75, 3.05) is 0 Å². The van der Waals surface area contributed by atoms with Gasteiger partial charge in [-0.3, -0.25) is 0 Å². The maximum atomic E-state index is 10.2. The van der Waals surface area contributed by atoms with Crippen molar-refractivity contribution in [1.82, 2.24) is 0 Å². The Balaban J connectivity index is 1.95. The van der Waals surface area contributed by atoms with Gasteiger partial charge >= 0.3 is 0 Å². The van der Waals surface area contributed by atoms with Crippen molar-refractivity contribution >= 4 is 5.57 Å². The number of rotatable bonds is 2. The van der Waals surface area contributed by atoms with E-state index in [-0.39, 0.29) is 23.3 Å². The molecule has 0 aliphatic heterocycles. The molecule has 2 N–H and O–H groups in total. The Kier molecular flexibility index (Phi) is 3.61. The first-order valence-electron chi connectivity index (χ1n) is 8.43. The lowest BCUT2D eigenvalue weighted by Gasteiger charge is -2.22. The molecule has 0 spiro atoms. The van der Waals surface area contributed by atoms with Gasteiger partial charge in [0.1, 0.15) is 11.5 Å². The van der Waals surface area contributed by atoms with Crippen molar-refractivity contribution in [1.29, 1.82) is 0 Å². The fourth-order valence-electron chi connectivity index (χ4n) is 4.12. The van der Waals surface area contributed by atoms with Gasteiger partial charge in [-0.25, -0.2) is 0 Å². The highest BCUT2D eigenvalue weighted by Gasteiger charge is 2.38. The second kappa shape index (κ2) is 5.82. The van der Waals surface area contributed by atoms with Crippen LogP contribution in [0.1, 0.15) is 39.7 Å². The quantitative estimate of drug-likeness (QED) is 0.666. The van der Waals surface area contributed by atoms with Crippen LogP contribution in [0.15, 0.2) is 73.3 Å². The SMILES string of the molecule is C=C1c2c(C)cc(O)cc2C(c2ccccc2)C1c1ccc(O)cc1. The number of benzene rings is 3. The summed E-state index contributed by atoms with van der Waals surface area (Å²) in [6.45, 7) is 6.42. The van der Waals surface area contributed by atoms with Crippen LogP contribution in [0.25, 0.3) is 5.57 Å². The third-order valence-electron chi connectivity index (χ3n) is 5.13. The lowest BCUT2D eigenvalue weighted by molar-refractivity contribution is 0.473. The second-order valence-electron chi connectivity index (χ2n) is 6.71. The Hall–Kier alpha value is -3.00. The van der Waals surface area contributed by atoms with Crippen LogP contribution >= 0.6 is 0 Å². The predicted octanol–water partition coefficient (Wildman–Crippen LogP) is 5.35. The molecule has 2 heteroatoms. The summed E-state index contributed by atoms with van der Waals surface area (Å²) in [5.74, 6) is 0.726. The van der Waals surface area contributed by atoms with Gasteiger partial charge in [0.05, 0.1) is 0 Å². The van der Waals surface area contributed by atoms with Gasteiger partial charge in [-0.05, 0) is 64.6 Å². The number of aromatic hydroxyl groups is 2. The lowest BCUT2D eigenvalue weighted by atomic mass is 9.80. The van der Waals surface area contributed by atoms with Crippen molar-refractivity contribution in [2.24, 2.45) is 0 Å². The van der Waals surface area contributed by atoms with Crippen LogP contribution in [0, 0.1) is 6.92 Å².